The van der Waals surface area contributed by atoms with Crippen molar-refractivity contribution in [3.05, 3.63) is 34.9 Å². The molecular formula is C16H23ClN2. The standard InChI is InChI=1S/C16H23ClN2/c17-14-7-5-13(6-8-14)15(18)16(9-1-2-10-16)19-11-3-4-12-19/h5-8,15H,1-4,9-12,18H2. The molecular weight excluding hydrogens is 256 g/mol. The molecule has 2 N–H and O–H groups in total. The Hall–Kier alpha value is -0.570. The molecule has 2 fully saturated rings. The summed E-state index contributed by atoms with van der Waals surface area (Å²) in [4.78, 5) is 2.67. The first-order valence-corrected chi connectivity index (χ1v) is 7.86. The Kier molecular flexibility index (Phi) is 3.84. The Labute approximate surface area is 120 Å². The minimum absolute atomic E-state index is 0.116. The predicted octanol–water partition coefficient (Wildman–Crippen LogP) is 3.75. The third-order valence-corrected chi connectivity index (χ3v) is 5.27. The van der Waals surface area contributed by atoms with Crippen LogP contribution < -0.4 is 5.73 Å². The lowest BCUT2D eigenvalue weighted by atomic mass is 9.82. The third-order valence-electron chi connectivity index (χ3n) is 5.01. The molecule has 1 unspecified atom stereocenters. The molecule has 0 amide bonds. The maximum atomic E-state index is 6.68. The molecule has 2 aliphatic rings. The van der Waals surface area contributed by atoms with Gasteiger partial charge in [-0.1, -0.05) is 36.6 Å². The van der Waals surface area contributed by atoms with E-state index in [9.17, 15) is 0 Å². The number of hydrogen-bond donors (Lipinski definition) is 1. The van der Waals surface area contributed by atoms with Crippen molar-refractivity contribution in [2.75, 3.05) is 13.1 Å². The van der Waals surface area contributed by atoms with Crippen molar-refractivity contribution in [1.29, 1.82) is 0 Å². The van der Waals surface area contributed by atoms with E-state index < -0.39 is 0 Å². The molecule has 1 heterocycles. The van der Waals surface area contributed by atoms with Crippen LogP contribution in [0.1, 0.15) is 50.1 Å². The Morgan fingerprint density at radius 2 is 1.58 bits per heavy atom. The molecule has 1 atom stereocenters. The molecule has 2 nitrogen and oxygen atoms in total. The van der Waals surface area contributed by atoms with Crippen molar-refractivity contribution in [3.8, 4) is 0 Å². The predicted molar refractivity (Wildman–Crippen MR) is 80.4 cm³/mol. The SMILES string of the molecule is NC(c1ccc(Cl)cc1)C1(N2CCCC2)CCCC1. The molecule has 3 heteroatoms. The Morgan fingerprint density at radius 3 is 2.16 bits per heavy atom. The summed E-state index contributed by atoms with van der Waals surface area (Å²) >= 11 is 5.99. The first-order chi connectivity index (χ1) is 9.22. The molecule has 1 aliphatic heterocycles. The van der Waals surface area contributed by atoms with Crippen molar-refractivity contribution < 1.29 is 0 Å². The third kappa shape index (κ3) is 2.42. The summed E-state index contributed by atoms with van der Waals surface area (Å²) in [6, 6.07) is 8.24. The van der Waals surface area contributed by atoms with Crippen molar-refractivity contribution >= 4 is 11.6 Å². The van der Waals surface area contributed by atoms with E-state index in [4.69, 9.17) is 17.3 Å². The fourth-order valence-electron chi connectivity index (χ4n) is 3.95. The van der Waals surface area contributed by atoms with E-state index in [1.165, 1.54) is 57.2 Å². The van der Waals surface area contributed by atoms with E-state index in [0.717, 1.165) is 5.02 Å². The van der Waals surface area contributed by atoms with Crippen molar-refractivity contribution in [3.63, 3.8) is 0 Å². The summed E-state index contributed by atoms with van der Waals surface area (Å²) < 4.78 is 0. The van der Waals surface area contributed by atoms with Gasteiger partial charge in [0.25, 0.3) is 0 Å². The number of rotatable bonds is 3. The maximum Gasteiger partial charge on any atom is 0.0482 e. The Morgan fingerprint density at radius 1 is 1.00 bits per heavy atom. The zero-order chi connectivity index (χ0) is 13.3. The second-order valence-corrected chi connectivity index (χ2v) is 6.47. The van der Waals surface area contributed by atoms with Crippen LogP contribution in [0.3, 0.4) is 0 Å². The van der Waals surface area contributed by atoms with Crippen LogP contribution in [0, 0.1) is 0 Å². The van der Waals surface area contributed by atoms with Gasteiger partial charge in [-0.3, -0.25) is 4.90 Å². The van der Waals surface area contributed by atoms with E-state index in [0.29, 0.717) is 0 Å². The maximum absolute atomic E-state index is 6.68. The fourth-order valence-corrected chi connectivity index (χ4v) is 4.08. The van der Waals surface area contributed by atoms with Crippen LogP contribution in [0.5, 0.6) is 0 Å². The van der Waals surface area contributed by atoms with Gasteiger partial charge in [0.2, 0.25) is 0 Å². The molecule has 19 heavy (non-hydrogen) atoms. The highest BCUT2D eigenvalue weighted by atomic mass is 35.5. The van der Waals surface area contributed by atoms with Gasteiger partial charge in [-0.15, -0.1) is 0 Å². The lowest BCUT2D eigenvalue weighted by molar-refractivity contribution is 0.0922. The van der Waals surface area contributed by atoms with Gasteiger partial charge in [0.1, 0.15) is 0 Å². The number of benzene rings is 1. The van der Waals surface area contributed by atoms with Crippen molar-refractivity contribution in [1.82, 2.24) is 4.90 Å². The van der Waals surface area contributed by atoms with Gasteiger partial charge >= 0.3 is 0 Å². The van der Waals surface area contributed by atoms with Gasteiger partial charge in [-0.2, -0.15) is 0 Å². The number of nitrogens with two attached hydrogens (primary N) is 1. The summed E-state index contributed by atoms with van der Waals surface area (Å²) in [5.41, 5.74) is 8.11. The highest BCUT2D eigenvalue weighted by Gasteiger charge is 2.45. The van der Waals surface area contributed by atoms with Crippen LogP contribution in [0.25, 0.3) is 0 Å². The highest BCUT2D eigenvalue weighted by Crippen LogP contribution is 2.44. The lowest BCUT2D eigenvalue weighted by Gasteiger charge is -2.43. The number of hydrogen-bond acceptors (Lipinski definition) is 2. The van der Waals surface area contributed by atoms with Crippen LogP contribution in [-0.4, -0.2) is 23.5 Å². The quantitative estimate of drug-likeness (QED) is 0.912. The topological polar surface area (TPSA) is 29.3 Å². The van der Waals surface area contributed by atoms with Crippen LogP contribution in [0.15, 0.2) is 24.3 Å². The molecule has 0 spiro atoms. The molecule has 3 rings (SSSR count). The normalized spacial score (nSPS) is 24.7. The molecule has 0 bridgehead atoms. The van der Waals surface area contributed by atoms with Gasteiger partial charge in [-0.25, -0.2) is 0 Å². The second-order valence-electron chi connectivity index (χ2n) is 6.03. The molecule has 1 saturated heterocycles. The first-order valence-electron chi connectivity index (χ1n) is 7.48. The number of halogens is 1. The Bertz CT molecular complexity index is 417. The largest absolute Gasteiger partial charge is 0.322 e. The molecule has 0 radical (unpaired) electrons. The van der Waals surface area contributed by atoms with Gasteiger partial charge in [0, 0.05) is 16.6 Å². The average Bonchev–Trinajstić information content (AvgIpc) is 3.10. The molecule has 1 aromatic carbocycles. The number of likely N-dealkylation sites (tertiary alicyclic amines) is 1. The van der Waals surface area contributed by atoms with Crippen molar-refractivity contribution in [2.45, 2.75) is 50.1 Å². The summed E-state index contributed by atoms with van der Waals surface area (Å²) in [6.07, 6.45) is 7.79. The van der Waals surface area contributed by atoms with Gasteiger partial charge < -0.3 is 5.73 Å². The molecule has 1 aromatic rings. The zero-order valence-electron chi connectivity index (χ0n) is 11.4. The van der Waals surface area contributed by atoms with E-state index in [1.807, 2.05) is 12.1 Å². The second kappa shape index (κ2) is 5.43. The van der Waals surface area contributed by atoms with Gasteiger partial charge in [0.05, 0.1) is 0 Å². The average molecular weight is 279 g/mol. The molecule has 104 valence electrons. The monoisotopic (exact) mass is 278 g/mol. The van der Waals surface area contributed by atoms with E-state index in [2.05, 4.69) is 17.0 Å². The Balaban J connectivity index is 1.88. The summed E-state index contributed by atoms with van der Waals surface area (Å²) in [5.74, 6) is 0. The number of nitrogens with zero attached hydrogens (tertiary/aromatic N) is 1. The van der Waals surface area contributed by atoms with Gasteiger partial charge in [0.15, 0.2) is 0 Å². The van der Waals surface area contributed by atoms with Crippen molar-refractivity contribution in [2.24, 2.45) is 5.73 Å². The highest BCUT2D eigenvalue weighted by molar-refractivity contribution is 6.30. The molecule has 0 aromatic heterocycles. The van der Waals surface area contributed by atoms with Crippen LogP contribution >= 0.6 is 11.6 Å². The lowest BCUT2D eigenvalue weighted by Crippen LogP contribution is -2.52. The van der Waals surface area contributed by atoms with Crippen LogP contribution in [0.4, 0.5) is 0 Å². The minimum atomic E-state index is 0.116. The summed E-state index contributed by atoms with van der Waals surface area (Å²) in [6.45, 7) is 2.45. The fraction of sp³-hybridized carbons (Fsp3) is 0.625. The van der Waals surface area contributed by atoms with Crippen LogP contribution in [0.2, 0.25) is 5.02 Å². The summed E-state index contributed by atoms with van der Waals surface area (Å²) in [7, 11) is 0. The molecule has 1 saturated carbocycles. The van der Waals surface area contributed by atoms with Gasteiger partial charge in [-0.05, 0) is 56.5 Å². The summed E-state index contributed by atoms with van der Waals surface area (Å²) in [5, 5.41) is 0.789. The zero-order valence-corrected chi connectivity index (χ0v) is 12.2. The molecule has 1 aliphatic carbocycles. The smallest absolute Gasteiger partial charge is 0.0482 e. The van der Waals surface area contributed by atoms with E-state index >= 15 is 0 Å². The first kappa shape index (κ1) is 13.4. The van der Waals surface area contributed by atoms with E-state index in [1.54, 1.807) is 0 Å². The van der Waals surface area contributed by atoms with E-state index in [-0.39, 0.29) is 11.6 Å². The van der Waals surface area contributed by atoms with Crippen LogP contribution in [-0.2, 0) is 0 Å². The minimum Gasteiger partial charge on any atom is -0.322 e.